The third-order valence-corrected chi connectivity index (χ3v) is 3.65. The molecule has 1 N–H and O–H groups in total. The van der Waals surface area contributed by atoms with E-state index in [9.17, 15) is 8.78 Å². The normalized spacial score (nSPS) is 24.0. The molecule has 1 saturated heterocycles. The van der Waals surface area contributed by atoms with Gasteiger partial charge in [0.1, 0.15) is 11.6 Å². The van der Waals surface area contributed by atoms with Gasteiger partial charge in [-0.1, -0.05) is 13.0 Å². The van der Waals surface area contributed by atoms with Gasteiger partial charge < -0.3 is 10.1 Å². The number of halogens is 2. The number of benzene rings is 1. The van der Waals surface area contributed by atoms with E-state index in [0.29, 0.717) is 18.7 Å². The van der Waals surface area contributed by atoms with E-state index in [1.165, 1.54) is 12.1 Å². The molecule has 2 atom stereocenters. The number of nitrogens with one attached hydrogen (secondary N) is 1. The van der Waals surface area contributed by atoms with Crippen LogP contribution in [0.1, 0.15) is 24.9 Å². The first kappa shape index (κ1) is 15.4. The molecular weight excluding hydrogens is 262 g/mol. The quantitative estimate of drug-likeness (QED) is 0.898. The average Bonchev–Trinajstić information content (AvgIpc) is 2.41. The van der Waals surface area contributed by atoms with Crippen LogP contribution in [0.25, 0.3) is 0 Å². The van der Waals surface area contributed by atoms with Gasteiger partial charge >= 0.3 is 0 Å². The lowest BCUT2D eigenvalue weighted by molar-refractivity contribution is -0.0714. The predicted octanol–water partition coefficient (Wildman–Crippen LogP) is 2.34. The second kappa shape index (κ2) is 7.11. The summed E-state index contributed by atoms with van der Waals surface area (Å²) < 4.78 is 33.0. The Morgan fingerprint density at radius 3 is 2.85 bits per heavy atom. The van der Waals surface area contributed by atoms with Crippen molar-refractivity contribution >= 4 is 0 Å². The maximum absolute atomic E-state index is 14.1. The van der Waals surface area contributed by atoms with Crippen LogP contribution in [-0.2, 0) is 4.74 Å². The van der Waals surface area contributed by atoms with Crippen molar-refractivity contribution in [1.82, 2.24) is 10.2 Å². The summed E-state index contributed by atoms with van der Waals surface area (Å²) in [6, 6.07) is 3.63. The summed E-state index contributed by atoms with van der Waals surface area (Å²) in [7, 11) is 1.85. The van der Waals surface area contributed by atoms with E-state index in [0.717, 1.165) is 25.6 Å². The number of morpholine rings is 1. The molecule has 1 aromatic carbocycles. The molecule has 0 saturated carbocycles. The Labute approximate surface area is 118 Å². The fourth-order valence-electron chi connectivity index (χ4n) is 2.83. The summed E-state index contributed by atoms with van der Waals surface area (Å²) in [5, 5.41) is 3.08. The first-order valence-corrected chi connectivity index (χ1v) is 7.12. The summed E-state index contributed by atoms with van der Waals surface area (Å²) in [5.41, 5.74) is 0.514. The van der Waals surface area contributed by atoms with E-state index in [4.69, 9.17) is 4.74 Å². The monoisotopic (exact) mass is 284 g/mol. The van der Waals surface area contributed by atoms with Crippen LogP contribution in [0, 0.1) is 11.6 Å². The third-order valence-electron chi connectivity index (χ3n) is 3.65. The zero-order valence-corrected chi connectivity index (χ0v) is 12.0. The molecule has 3 nitrogen and oxygen atoms in total. The van der Waals surface area contributed by atoms with Crippen LogP contribution in [0.5, 0.6) is 0 Å². The van der Waals surface area contributed by atoms with Crippen molar-refractivity contribution in [2.75, 3.05) is 33.3 Å². The van der Waals surface area contributed by atoms with Gasteiger partial charge in [0.05, 0.1) is 18.8 Å². The minimum atomic E-state index is -0.546. The maximum Gasteiger partial charge on any atom is 0.131 e. The highest BCUT2D eigenvalue weighted by Gasteiger charge is 2.34. The standard InChI is InChI=1S/C15H22F2N2O/c1-3-6-19-7-8-20-14(10-18-2)15(19)12-5-4-11(16)9-13(12)17/h4-5,9,14-15,18H,3,6-8,10H2,1-2H3. The number of hydrogen-bond donors (Lipinski definition) is 1. The smallest absolute Gasteiger partial charge is 0.131 e. The Morgan fingerprint density at radius 2 is 2.20 bits per heavy atom. The summed E-state index contributed by atoms with van der Waals surface area (Å²) in [6.45, 7) is 5.04. The molecule has 1 aliphatic rings. The van der Waals surface area contributed by atoms with E-state index >= 15 is 0 Å². The van der Waals surface area contributed by atoms with Crippen LogP contribution in [0.3, 0.4) is 0 Å². The van der Waals surface area contributed by atoms with Crippen molar-refractivity contribution in [3.8, 4) is 0 Å². The Balaban J connectivity index is 2.32. The zero-order valence-electron chi connectivity index (χ0n) is 12.0. The highest BCUT2D eigenvalue weighted by molar-refractivity contribution is 5.24. The van der Waals surface area contributed by atoms with Gasteiger partial charge in [0, 0.05) is 24.7 Å². The van der Waals surface area contributed by atoms with Crippen molar-refractivity contribution in [2.24, 2.45) is 0 Å². The van der Waals surface area contributed by atoms with Gasteiger partial charge in [0.25, 0.3) is 0 Å². The molecule has 2 rings (SSSR count). The molecule has 1 fully saturated rings. The van der Waals surface area contributed by atoms with Gasteiger partial charge in [-0.2, -0.15) is 0 Å². The number of hydrogen-bond acceptors (Lipinski definition) is 3. The third kappa shape index (κ3) is 3.34. The molecular formula is C15H22F2N2O. The van der Waals surface area contributed by atoms with Gasteiger partial charge in [-0.25, -0.2) is 8.78 Å². The molecule has 0 spiro atoms. The van der Waals surface area contributed by atoms with Crippen molar-refractivity contribution in [3.05, 3.63) is 35.4 Å². The number of ether oxygens (including phenoxy) is 1. The summed E-state index contributed by atoms with van der Waals surface area (Å²) in [5.74, 6) is -1.04. The zero-order chi connectivity index (χ0) is 14.5. The lowest BCUT2D eigenvalue weighted by Crippen LogP contribution is -2.49. The SMILES string of the molecule is CCCN1CCOC(CNC)C1c1ccc(F)cc1F. The minimum absolute atomic E-state index is 0.125. The fourth-order valence-corrected chi connectivity index (χ4v) is 2.83. The van der Waals surface area contributed by atoms with Gasteiger partial charge in [-0.05, 0) is 26.1 Å². The first-order valence-electron chi connectivity index (χ1n) is 7.12. The Kier molecular flexibility index (Phi) is 5.46. The lowest BCUT2D eigenvalue weighted by Gasteiger charge is -2.41. The van der Waals surface area contributed by atoms with E-state index < -0.39 is 11.6 Å². The van der Waals surface area contributed by atoms with Crippen LogP contribution in [0.4, 0.5) is 8.78 Å². The Bertz CT molecular complexity index is 424. The molecule has 1 aliphatic heterocycles. The van der Waals surface area contributed by atoms with Gasteiger partial charge in [0.15, 0.2) is 0 Å². The second-order valence-corrected chi connectivity index (χ2v) is 5.11. The molecule has 1 aromatic rings. The van der Waals surface area contributed by atoms with E-state index in [1.807, 2.05) is 7.05 Å². The molecule has 0 radical (unpaired) electrons. The highest BCUT2D eigenvalue weighted by atomic mass is 19.1. The molecule has 112 valence electrons. The largest absolute Gasteiger partial charge is 0.374 e. The molecule has 2 unspecified atom stereocenters. The van der Waals surface area contributed by atoms with Crippen LogP contribution < -0.4 is 5.32 Å². The van der Waals surface area contributed by atoms with Crippen molar-refractivity contribution in [3.63, 3.8) is 0 Å². The van der Waals surface area contributed by atoms with Gasteiger partial charge in [-0.3, -0.25) is 4.90 Å². The first-order chi connectivity index (χ1) is 9.67. The van der Waals surface area contributed by atoms with Crippen molar-refractivity contribution in [2.45, 2.75) is 25.5 Å². The average molecular weight is 284 g/mol. The van der Waals surface area contributed by atoms with E-state index in [2.05, 4.69) is 17.1 Å². The number of nitrogens with zero attached hydrogens (tertiary/aromatic N) is 1. The molecule has 0 amide bonds. The Hall–Kier alpha value is -1.04. The van der Waals surface area contributed by atoms with Crippen molar-refractivity contribution < 1.29 is 13.5 Å². The summed E-state index contributed by atoms with van der Waals surface area (Å²) in [4.78, 5) is 2.22. The molecule has 0 aliphatic carbocycles. The van der Waals surface area contributed by atoms with E-state index in [-0.39, 0.29) is 12.1 Å². The van der Waals surface area contributed by atoms with Crippen LogP contribution in [-0.4, -0.2) is 44.3 Å². The molecule has 0 bridgehead atoms. The lowest BCUT2D eigenvalue weighted by atomic mass is 9.97. The summed E-state index contributed by atoms with van der Waals surface area (Å²) in [6.07, 6.45) is 0.867. The molecule has 0 aromatic heterocycles. The van der Waals surface area contributed by atoms with Crippen LogP contribution >= 0.6 is 0 Å². The summed E-state index contributed by atoms with van der Waals surface area (Å²) >= 11 is 0. The number of likely N-dealkylation sites (N-methyl/N-ethyl adjacent to an activating group) is 1. The molecule has 20 heavy (non-hydrogen) atoms. The predicted molar refractivity (Wildman–Crippen MR) is 74.6 cm³/mol. The van der Waals surface area contributed by atoms with Gasteiger partial charge in [0.2, 0.25) is 0 Å². The second-order valence-electron chi connectivity index (χ2n) is 5.11. The minimum Gasteiger partial charge on any atom is -0.374 e. The van der Waals surface area contributed by atoms with Gasteiger partial charge in [-0.15, -0.1) is 0 Å². The number of rotatable bonds is 5. The topological polar surface area (TPSA) is 24.5 Å². The van der Waals surface area contributed by atoms with Crippen molar-refractivity contribution in [1.29, 1.82) is 0 Å². The molecule has 1 heterocycles. The van der Waals surface area contributed by atoms with Crippen LogP contribution in [0.2, 0.25) is 0 Å². The maximum atomic E-state index is 14.1. The molecule has 5 heteroatoms. The highest BCUT2D eigenvalue weighted by Crippen LogP contribution is 2.31. The van der Waals surface area contributed by atoms with E-state index in [1.54, 1.807) is 0 Å². The van der Waals surface area contributed by atoms with Crippen LogP contribution in [0.15, 0.2) is 18.2 Å². The fraction of sp³-hybridized carbons (Fsp3) is 0.600. The Morgan fingerprint density at radius 1 is 1.40 bits per heavy atom.